The van der Waals surface area contributed by atoms with Crippen molar-refractivity contribution in [3.63, 3.8) is 0 Å². The van der Waals surface area contributed by atoms with Gasteiger partial charge in [0.2, 0.25) is 5.91 Å². The number of amides is 3. The summed E-state index contributed by atoms with van der Waals surface area (Å²) in [6.07, 6.45) is 6.61. The van der Waals surface area contributed by atoms with Crippen molar-refractivity contribution in [1.82, 2.24) is 9.88 Å². The van der Waals surface area contributed by atoms with Crippen LogP contribution in [0.15, 0.2) is 12.3 Å². The number of aryl methyl sites for hydroxylation is 1. The number of pyridine rings is 1. The van der Waals surface area contributed by atoms with Gasteiger partial charge in [-0.15, -0.1) is 0 Å². The fourth-order valence-electron chi connectivity index (χ4n) is 4.65. The molecule has 2 atom stereocenters. The Morgan fingerprint density at radius 2 is 1.83 bits per heavy atom. The number of aromatic nitrogens is 1. The fourth-order valence-corrected chi connectivity index (χ4v) is 4.65. The second-order valence-electron chi connectivity index (χ2n) is 8.60. The van der Waals surface area contributed by atoms with Gasteiger partial charge in [-0.2, -0.15) is 0 Å². The molecule has 1 aliphatic carbocycles. The van der Waals surface area contributed by atoms with Crippen molar-refractivity contribution in [2.75, 3.05) is 17.6 Å². The average molecular weight is 402 g/mol. The lowest BCUT2D eigenvalue weighted by atomic mass is 9.75. The van der Waals surface area contributed by atoms with Crippen LogP contribution < -0.4 is 16.8 Å². The van der Waals surface area contributed by atoms with E-state index in [0.717, 1.165) is 44.1 Å². The highest BCUT2D eigenvalue weighted by molar-refractivity contribution is 6.39. The largest absolute Gasteiger partial charge is 0.383 e. The standard InChI is InChI=1S/C21H31N5O3/c1-12-3-8-17(14-4-6-15(7-5-14)19(23)27)26(11-12)21(29)20(28)25-16-9-13(2)18(22)24-10-16/h9-10,12,14-15,17H,3-8,11H2,1-2H3,(H2,22,24)(H2,23,27)(H,25,28)/t12-,14?,15?,17+/m1/s1. The zero-order valence-corrected chi connectivity index (χ0v) is 17.2. The summed E-state index contributed by atoms with van der Waals surface area (Å²) in [6, 6.07) is 1.74. The molecule has 1 aromatic rings. The van der Waals surface area contributed by atoms with Crippen molar-refractivity contribution in [1.29, 1.82) is 0 Å². The lowest BCUT2D eigenvalue weighted by molar-refractivity contribution is -0.148. The molecule has 8 heteroatoms. The number of nitrogen functional groups attached to an aromatic ring is 1. The quantitative estimate of drug-likeness (QED) is 0.665. The van der Waals surface area contributed by atoms with E-state index in [-0.39, 0.29) is 17.9 Å². The Kier molecular flexibility index (Phi) is 6.39. The number of primary amides is 1. The number of nitrogens with two attached hydrogens (primary N) is 2. The molecule has 0 spiro atoms. The Morgan fingerprint density at radius 3 is 2.45 bits per heavy atom. The second-order valence-corrected chi connectivity index (χ2v) is 8.60. The molecule has 1 aliphatic heterocycles. The Morgan fingerprint density at radius 1 is 1.14 bits per heavy atom. The predicted octanol–water partition coefficient (Wildman–Crippen LogP) is 1.83. The number of hydrogen-bond acceptors (Lipinski definition) is 5. The summed E-state index contributed by atoms with van der Waals surface area (Å²) in [5, 5.41) is 2.66. The average Bonchev–Trinajstić information content (AvgIpc) is 2.70. The van der Waals surface area contributed by atoms with Crippen LogP contribution in [0.1, 0.15) is 51.0 Å². The van der Waals surface area contributed by atoms with Crippen LogP contribution in [0, 0.1) is 24.7 Å². The van der Waals surface area contributed by atoms with E-state index < -0.39 is 11.8 Å². The molecule has 0 aromatic carbocycles. The van der Waals surface area contributed by atoms with E-state index in [2.05, 4.69) is 17.2 Å². The molecule has 1 aromatic heterocycles. The SMILES string of the molecule is Cc1cc(NC(=O)C(=O)N2C[C@H](C)CC[C@H]2C2CCC(C(N)=O)CC2)cnc1N. The van der Waals surface area contributed by atoms with Crippen LogP contribution in [-0.2, 0) is 14.4 Å². The predicted molar refractivity (Wildman–Crippen MR) is 111 cm³/mol. The molecule has 0 radical (unpaired) electrons. The summed E-state index contributed by atoms with van der Waals surface area (Å²) in [5.74, 6) is -0.414. The number of carbonyl (C=O) groups excluding carboxylic acids is 3. The monoisotopic (exact) mass is 401 g/mol. The zero-order chi connectivity index (χ0) is 21.1. The zero-order valence-electron chi connectivity index (χ0n) is 17.2. The number of carbonyl (C=O) groups is 3. The van der Waals surface area contributed by atoms with Gasteiger partial charge in [0.15, 0.2) is 0 Å². The van der Waals surface area contributed by atoms with Crippen molar-refractivity contribution < 1.29 is 14.4 Å². The van der Waals surface area contributed by atoms with Gasteiger partial charge >= 0.3 is 11.8 Å². The van der Waals surface area contributed by atoms with Crippen molar-refractivity contribution >= 4 is 29.2 Å². The summed E-state index contributed by atoms with van der Waals surface area (Å²) in [6.45, 7) is 4.47. The first-order chi connectivity index (χ1) is 13.8. The van der Waals surface area contributed by atoms with E-state index >= 15 is 0 Å². The molecule has 0 bridgehead atoms. The molecule has 1 saturated carbocycles. The molecule has 8 nitrogen and oxygen atoms in total. The van der Waals surface area contributed by atoms with Gasteiger partial charge in [-0.1, -0.05) is 6.92 Å². The van der Waals surface area contributed by atoms with Gasteiger partial charge in [0, 0.05) is 18.5 Å². The number of rotatable bonds is 3. The van der Waals surface area contributed by atoms with Crippen LogP contribution in [0.25, 0.3) is 0 Å². The van der Waals surface area contributed by atoms with Crippen molar-refractivity contribution in [3.05, 3.63) is 17.8 Å². The molecule has 5 N–H and O–H groups in total. The van der Waals surface area contributed by atoms with E-state index in [0.29, 0.717) is 29.9 Å². The van der Waals surface area contributed by atoms with Crippen LogP contribution in [0.3, 0.4) is 0 Å². The molecule has 2 heterocycles. The third-order valence-corrected chi connectivity index (χ3v) is 6.41. The van der Waals surface area contributed by atoms with Crippen LogP contribution >= 0.6 is 0 Å². The first-order valence-electron chi connectivity index (χ1n) is 10.4. The second kappa shape index (κ2) is 8.80. The molecule has 0 unspecified atom stereocenters. The number of likely N-dealkylation sites (tertiary alicyclic amines) is 1. The van der Waals surface area contributed by atoms with Crippen LogP contribution in [0.4, 0.5) is 11.5 Å². The highest BCUT2D eigenvalue weighted by Gasteiger charge is 2.39. The van der Waals surface area contributed by atoms with Crippen LogP contribution in [0.5, 0.6) is 0 Å². The lowest BCUT2D eigenvalue weighted by Crippen LogP contribution is -2.53. The Balaban J connectivity index is 1.69. The van der Waals surface area contributed by atoms with Gasteiger partial charge in [-0.05, 0) is 68.9 Å². The van der Waals surface area contributed by atoms with Gasteiger partial charge in [0.25, 0.3) is 0 Å². The summed E-state index contributed by atoms with van der Waals surface area (Å²) in [7, 11) is 0. The van der Waals surface area contributed by atoms with Gasteiger partial charge in [-0.25, -0.2) is 4.98 Å². The topological polar surface area (TPSA) is 131 Å². The molecule has 158 valence electrons. The third-order valence-electron chi connectivity index (χ3n) is 6.41. The maximum Gasteiger partial charge on any atom is 0.313 e. The van der Waals surface area contributed by atoms with Crippen molar-refractivity contribution in [2.24, 2.45) is 23.5 Å². The highest BCUT2D eigenvalue weighted by atomic mass is 16.2. The fraction of sp³-hybridized carbons (Fsp3) is 0.619. The molecular formula is C21H31N5O3. The molecular weight excluding hydrogens is 370 g/mol. The maximum absolute atomic E-state index is 13.0. The van der Waals surface area contributed by atoms with Gasteiger partial charge < -0.3 is 21.7 Å². The molecule has 29 heavy (non-hydrogen) atoms. The number of nitrogens with one attached hydrogen (secondary N) is 1. The third kappa shape index (κ3) is 4.86. The summed E-state index contributed by atoms with van der Waals surface area (Å²) < 4.78 is 0. The molecule has 2 aliphatic rings. The van der Waals surface area contributed by atoms with Gasteiger partial charge in [-0.3, -0.25) is 14.4 Å². The normalized spacial score (nSPS) is 27.3. The minimum Gasteiger partial charge on any atom is -0.383 e. The number of nitrogens with zero attached hydrogens (tertiary/aromatic N) is 2. The van der Waals surface area contributed by atoms with E-state index in [1.807, 2.05) is 0 Å². The van der Waals surface area contributed by atoms with E-state index in [1.165, 1.54) is 6.20 Å². The Bertz CT molecular complexity index is 789. The van der Waals surface area contributed by atoms with E-state index in [4.69, 9.17) is 11.5 Å². The minimum atomic E-state index is -0.652. The maximum atomic E-state index is 13.0. The Labute approximate surface area is 171 Å². The smallest absolute Gasteiger partial charge is 0.313 e. The lowest BCUT2D eigenvalue weighted by Gasteiger charge is -2.44. The number of hydrogen-bond donors (Lipinski definition) is 3. The summed E-state index contributed by atoms with van der Waals surface area (Å²) in [5.41, 5.74) is 12.4. The van der Waals surface area contributed by atoms with Crippen LogP contribution in [-0.4, -0.2) is 40.2 Å². The molecule has 1 saturated heterocycles. The van der Waals surface area contributed by atoms with Crippen molar-refractivity contribution in [2.45, 2.75) is 58.4 Å². The molecule has 2 fully saturated rings. The first-order valence-corrected chi connectivity index (χ1v) is 10.4. The van der Waals surface area contributed by atoms with Gasteiger partial charge in [0.1, 0.15) is 5.82 Å². The molecule has 3 amide bonds. The number of piperidine rings is 1. The summed E-state index contributed by atoms with van der Waals surface area (Å²) in [4.78, 5) is 42.9. The molecule has 3 rings (SSSR count). The highest BCUT2D eigenvalue weighted by Crippen LogP contribution is 2.37. The van der Waals surface area contributed by atoms with Crippen LogP contribution in [0.2, 0.25) is 0 Å². The van der Waals surface area contributed by atoms with E-state index in [1.54, 1.807) is 17.9 Å². The first kappa shape index (κ1) is 21.1. The van der Waals surface area contributed by atoms with Gasteiger partial charge in [0.05, 0.1) is 11.9 Å². The number of anilines is 2. The summed E-state index contributed by atoms with van der Waals surface area (Å²) >= 11 is 0. The minimum absolute atomic E-state index is 0.0320. The van der Waals surface area contributed by atoms with Crippen molar-refractivity contribution in [3.8, 4) is 0 Å². The Hall–Kier alpha value is -2.64. The van der Waals surface area contributed by atoms with E-state index in [9.17, 15) is 14.4 Å².